The summed E-state index contributed by atoms with van der Waals surface area (Å²) in [5, 5.41) is 2.92. The summed E-state index contributed by atoms with van der Waals surface area (Å²) >= 11 is 1.46. The highest BCUT2D eigenvalue weighted by molar-refractivity contribution is 8.01. The summed E-state index contributed by atoms with van der Waals surface area (Å²) in [4.78, 5) is 29.3. The maximum Gasteiger partial charge on any atom is 0.323 e. The van der Waals surface area contributed by atoms with Gasteiger partial charge in [0, 0.05) is 29.1 Å². The highest BCUT2D eigenvalue weighted by atomic mass is 32.2. The van der Waals surface area contributed by atoms with E-state index < -0.39 is 4.87 Å². The molecule has 1 atom stereocenters. The number of anilines is 2. The average molecular weight is 448 g/mol. The third-order valence-corrected chi connectivity index (χ3v) is 7.32. The second-order valence-electron chi connectivity index (χ2n) is 7.94. The zero-order chi connectivity index (χ0) is 22.3. The number of aryl methyl sites for hydroxylation is 1. The van der Waals surface area contributed by atoms with Crippen LogP contribution in [0, 0.1) is 12.7 Å². The number of urea groups is 1. The first kappa shape index (κ1) is 20.6. The molecular formula is C25H22FN3O2S. The quantitative estimate of drug-likeness (QED) is 0.607. The topological polar surface area (TPSA) is 52.7 Å². The molecule has 0 bridgehead atoms. The normalized spacial score (nSPS) is 19.5. The first-order valence-electron chi connectivity index (χ1n) is 10.4. The second kappa shape index (κ2) is 7.98. The Morgan fingerprint density at radius 3 is 2.62 bits per heavy atom. The van der Waals surface area contributed by atoms with Crippen LogP contribution in [0.4, 0.5) is 20.6 Å². The minimum absolute atomic E-state index is 0.109. The smallest absolute Gasteiger partial charge is 0.308 e. The Morgan fingerprint density at radius 1 is 1.09 bits per heavy atom. The number of hydrogen-bond acceptors (Lipinski definition) is 3. The number of fused-ring (bicyclic) bond motifs is 2. The molecule has 5 rings (SSSR count). The third kappa shape index (κ3) is 3.24. The monoisotopic (exact) mass is 447 g/mol. The molecule has 32 heavy (non-hydrogen) atoms. The molecule has 2 heterocycles. The van der Waals surface area contributed by atoms with E-state index in [9.17, 15) is 14.0 Å². The molecule has 162 valence electrons. The Labute approximate surface area is 190 Å². The number of benzene rings is 3. The molecular weight excluding hydrogens is 425 g/mol. The lowest BCUT2D eigenvalue weighted by Crippen LogP contribution is -2.51. The lowest BCUT2D eigenvalue weighted by Gasteiger charge is -2.33. The van der Waals surface area contributed by atoms with E-state index in [4.69, 9.17) is 0 Å². The van der Waals surface area contributed by atoms with E-state index in [1.807, 2.05) is 55.5 Å². The van der Waals surface area contributed by atoms with Crippen molar-refractivity contribution < 1.29 is 14.0 Å². The molecule has 2 aliphatic heterocycles. The van der Waals surface area contributed by atoms with Crippen LogP contribution in [0.3, 0.4) is 0 Å². The van der Waals surface area contributed by atoms with Crippen LogP contribution in [-0.2, 0) is 16.2 Å². The van der Waals surface area contributed by atoms with Crippen molar-refractivity contribution in [2.24, 2.45) is 0 Å². The lowest BCUT2D eigenvalue weighted by atomic mass is 10.0. The van der Waals surface area contributed by atoms with E-state index in [2.05, 4.69) is 5.32 Å². The third-order valence-electron chi connectivity index (χ3n) is 5.91. The number of nitrogens with one attached hydrogen (secondary N) is 1. The predicted octanol–water partition coefficient (Wildman–Crippen LogP) is 5.11. The zero-order valence-corrected chi connectivity index (χ0v) is 18.4. The van der Waals surface area contributed by atoms with E-state index in [1.54, 1.807) is 28.0 Å². The van der Waals surface area contributed by atoms with Gasteiger partial charge in [0.2, 0.25) is 0 Å². The summed E-state index contributed by atoms with van der Waals surface area (Å²) in [5.74, 6) is 0.0641. The molecule has 3 aromatic carbocycles. The molecule has 0 aromatic heterocycles. The van der Waals surface area contributed by atoms with Crippen LogP contribution in [0.5, 0.6) is 0 Å². The summed E-state index contributed by atoms with van der Waals surface area (Å²) in [5.41, 5.74) is 3.61. The fourth-order valence-electron chi connectivity index (χ4n) is 4.40. The van der Waals surface area contributed by atoms with Crippen molar-refractivity contribution in [1.29, 1.82) is 0 Å². The number of thioether (sulfide) groups is 1. The number of rotatable bonds is 3. The van der Waals surface area contributed by atoms with E-state index >= 15 is 0 Å². The lowest BCUT2D eigenvalue weighted by molar-refractivity contribution is -0.123. The van der Waals surface area contributed by atoms with E-state index in [1.165, 1.54) is 17.8 Å². The molecule has 1 fully saturated rings. The second-order valence-corrected chi connectivity index (χ2v) is 9.23. The minimum Gasteiger partial charge on any atom is -0.308 e. The van der Waals surface area contributed by atoms with Crippen molar-refractivity contribution in [3.63, 3.8) is 0 Å². The Kier molecular flexibility index (Phi) is 5.13. The van der Waals surface area contributed by atoms with Crippen molar-refractivity contribution in [3.05, 3.63) is 95.3 Å². The van der Waals surface area contributed by atoms with Crippen LogP contribution in [0.1, 0.15) is 16.7 Å². The number of halogens is 1. The summed E-state index contributed by atoms with van der Waals surface area (Å²) < 4.78 is 14.4. The van der Waals surface area contributed by atoms with Crippen LogP contribution in [0.25, 0.3) is 0 Å². The predicted molar refractivity (Wildman–Crippen MR) is 125 cm³/mol. The van der Waals surface area contributed by atoms with Gasteiger partial charge in [-0.05, 0) is 31.2 Å². The van der Waals surface area contributed by atoms with Crippen molar-refractivity contribution in [2.75, 3.05) is 22.5 Å². The first-order valence-corrected chi connectivity index (χ1v) is 11.4. The standard InChI is InChI=1S/C25H22FN3O2S/c1-17-11-12-22-20(15-17)25(23(30)28(22)16-18-7-5-6-10-21(18)26)29(13-14-32-25)24(31)27-19-8-3-2-4-9-19/h2-12,15H,13-14,16H2,1H3,(H,27,31)/t25-/m0/s1. The molecule has 1 spiro atoms. The highest BCUT2D eigenvalue weighted by Gasteiger charge is 2.59. The number of carbonyl (C=O) groups is 2. The van der Waals surface area contributed by atoms with Crippen molar-refractivity contribution in [3.8, 4) is 0 Å². The summed E-state index contributed by atoms with van der Waals surface area (Å²) in [6, 6.07) is 21.1. The van der Waals surface area contributed by atoms with Crippen molar-refractivity contribution in [1.82, 2.24) is 4.90 Å². The van der Waals surface area contributed by atoms with Gasteiger partial charge in [0.05, 0.1) is 12.2 Å². The number of amides is 3. The Bertz CT molecular complexity index is 1200. The molecule has 5 nitrogen and oxygen atoms in total. The molecule has 1 N–H and O–H groups in total. The van der Waals surface area contributed by atoms with Gasteiger partial charge in [0.1, 0.15) is 5.82 Å². The Hall–Kier alpha value is -3.32. The molecule has 3 amide bonds. The molecule has 0 saturated carbocycles. The van der Waals surface area contributed by atoms with Gasteiger partial charge in [-0.2, -0.15) is 0 Å². The SMILES string of the molecule is Cc1ccc2c(c1)[C@]1(SCCN1C(=O)Nc1ccccc1)C(=O)N2Cc1ccccc1F. The highest BCUT2D eigenvalue weighted by Crippen LogP contribution is 2.54. The number of nitrogens with zero attached hydrogens (tertiary/aromatic N) is 2. The van der Waals surface area contributed by atoms with Gasteiger partial charge in [-0.1, -0.05) is 54.1 Å². The number of para-hydroxylation sites is 1. The van der Waals surface area contributed by atoms with Crippen LogP contribution in [0.15, 0.2) is 72.8 Å². The number of hydrogen-bond donors (Lipinski definition) is 1. The summed E-state index contributed by atoms with van der Waals surface area (Å²) in [6.45, 7) is 2.51. The van der Waals surface area contributed by atoms with Crippen molar-refractivity contribution in [2.45, 2.75) is 18.3 Å². The van der Waals surface area contributed by atoms with Crippen LogP contribution >= 0.6 is 11.8 Å². The van der Waals surface area contributed by atoms with Crippen molar-refractivity contribution >= 4 is 35.1 Å². The van der Waals surface area contributed by atoms with E-state index in [-0.39, 0.29) is 24.3 Å². The van der Waals surface area contributed by atoms with Crippen LogP contribution in [-0.4, -0.2) is 29.1 Å². The fraction of sp³-hybridized carbons (Fsp3) is 0.200. The van der Waals surface area contributed by atoms with Crippen LogP contribution < -0.4 is 10.2 Å². The van der Waals surface area contributed by atoms with Gasteiger partial charge < -0.3 is 10.2 Å². The summed E-state index contributed by atoms with van der Waals surface area (Å²) in [7, 11) is 0. The Balaban J connectivity index is 1.55. The molecule has 1 saturated heterocycles. The maximum absolute atomic E-state index is 14.4. The molecule has 2 aliphatic rings. The Morgan fingerprint density at radius 2 is 1.84 bits per heavy atom. The first-order chi connectivity index (χ1) is 15.5. The fourth-order valence-corrected chi connectivity index (χ4v) is 5.85. The molecule has 3 aromatic rings. The van der Waals surface area contributed by atoms with Gasteiger partial charge in [-0.25, -0.2) is 9.18 Å². The van der Waals surface area contributed by atoms with Gasteiger partial charge in [0.15, 0.2) is 4.87 Å². The molecule has 7 heteroatoms. The van der Waals surface area contributed by atoms with E-state index in [0.29, 0.717) is 23.5 Å². The maximum atomic E-state index is 14.4. The molecule has 0 unspecified atom stereocenters. The minimum atomic E-state index is -1.16. The average Bonchev–Trinajstić information content (AvgIpc) is 3.33. The van der Waals surface area contributed by atoms with E-state index in [0.717, 1.165) is 16.8 Å². The molecule has 0 aliphatic carbocycles. The van der Waals surface area contributed by atoms with Gasteiger partial charge in [-0.15, -0.1) is 11.8 Å². The summed E-state index contributed by atoms with van der Waals surface area (Å²) in [6.07, 6.45) is 0. The molecule has 0 radical (unpaired) electrons. The largest absolute Gasteiger partial charge is 0.323 e. The van der Waals surface area contributed by atoms with Gasteiger partial charge >= 0.3 is 6.03 Å². The zero-order valence-electron chi connectivity index (χ0n) is 17.5. The van der Waals surface area contributed by atoms with Gasteiger partial charge in [-0.3, -0.25) is 9.69 Å². The number of carbonyl (C=O) groups excluding carboxylic acids is 2. The van der Waals surface area contributed by atoms with Gasteiger partial charge in [0.25, 0.3) is 5.91 Å². The van der Waals surface area contributed by atoms with Crippen LogP contribution in [0.2, 0.25) is 0 Å².